The Bertz CT molecular complexity index is 403. The van der Waals surface area contributed by atoms with E-state index in [1.165, 1.54) is 38.8 Å². The number of aromatic nitrogens is 1. The molecular weight excluding hydrogens is 224 g/mol. The highest BCUT2D eigenvalue weighted by Gasteiger charge is 2.08. The molecule has 1 aromatic rings. The van der Waals surface area contributed by atoms with Crippen LogP contribution >= 0.6 is 0 Å². The molecule has 0 unspecified atom stereocenters. The van der Waals surface area contributed by atoms with E-state index in [1.807, 2.05) is 0 Å². The normalized spacial score (nSPS) is 16.8. The molecule has 0 saturated carbocycles. The van der Waals surface area contributed by atoms with Gasteiger partial charge in [-0.2, -0.15) is 5.26 Å². The zero-order valence-corrected chi connectivity index (χ0v) is 10.7. The van der Waals surface area contributed by atoms with Crippen LogP contribution in [-0.4, -0.2) is 36.1 Å². The van der Waals surface area contributed by atoms with Gasteiger partial charge in [0.05, 0.1) is 11.6 Å². The third kappa shape index (κ3) is 4.01. The van der Waals surface area contributed by atoms with Crippen LogP contribution in [0.15, 0.2) is 18.3 Å². The lowest BCUT2D eigenvalue weighted by molar-refractivity contribution is 0.296. The Morgan fingerprint density at radius 3 is 2.78 bits per heavy atom. The molecule has 1 aliphatic heterocycles. The van der Waals surface area contributed by atoms with Crippen molar-refractivity contribution < 1.29 is 0 Å². The lowest BCUT2D eigenvalue weighted by Gasteiger charge is -2.19. The molecule has 1 aromatic heterocycles. The molecule has 4 nitrogen and oxygen atoms in total. The number of likely N-dealkylation sites (tertiary alicyclic amines) is 1. The molecule has 0 aromatic carbocycles. The topological polar surface area (TPSA) is 52.0 Å². The summed E-state index contributed by atoms with van der Waals surface area (Å²) in [6.07, 6.45) is 7.06. The summed E-state index contributed by atoms with van der Waals surface area (Å²) in [5, 5.41) is 12.1. The van der Waals surface area contributed by atoms with Crippen molar-refractivity contribution >= 4 is 5.82 Å². The van der Waals surface area contributed by atoms with E-state index in [0.717, 1.165) is 18.9 Å². The first kappa shape index (κ1) is 12.8. The Labute approximate surface area is 109 Å². The first-order chi connectivity index (χ1) is 8.88. The second kappa shape index (κ2) is 6.97. The number of nitriles is 1. The third-order valence-electron chi connectivity index (χ3n) is 3.32. The van der Waals surface area contributed by atoms with Crippen molar-refractivity contribution in [1.82, 2.24) is 9.88 Å². The fraction of sp³-hybridized carbons (Fsp3) is 0.571. The van der Waals surface area contributed by atoms with Crippen LogP contribution in [0.1, 0.15) is 31.2 Å². The molecule has 2 heterocycles. The van der Waals surface area contributed by atoms with Crippen LogP contribution in [0, 0.1) is 11.3 Å². The largest absolute Gasteiger partial charge is 0.369 e. The molecule has 0 bridgehead atoms. The van der Waals surface area contributed by atoms with Gasteiger partial charge in [0.25, 0.3) is 0 Å². The Morgan fingerprint density at radius 2 is 2.06 bits per heavy atom. The van der Waals surface area contributed by atoms with Gasteiger partial charge in [0.1, 0.15) is 5.82 Å². The second-order valence-electron chi connectivity index (χ2n) is 4.72. The molecule has 0 atom stereocenters. The molecule has 1 saturated heterocycles. The Hall–Kier alpha value is -1.60. The molecule has 1 aliphatic rings. The van der Waals surface area contributed by atoms with Crippen molar-refractivity contribution in [1.29, 1.82) is 5.26 Å². The predicted molar refractivity (Wildman–Crippen MR) is 72.3 cm³/mol. The van der Waals surface area contributed by atoms with E-state index in [-0.39, 0.29) is 0 Å². The maximum atomic E-state index is 8.81. The minimum Gasteiger partial charge on any atom is -0.369 e. The van der Waals surface area contributed by atoms with Crippen molar-refractivity contribution in [2.75, 3.05) is 31.5 Å². The summed E-state index contributed by atoms with van der Waals surface area (Å²) < 4.78 is 0. The fourth-order valence-electron chi connectivity index (χ4n) is 2.30. The monoisotopic (exact) mass is 244 g/mol. The standard InChI is InChI=1S/C14H20N4/c15-12-13-5-6-16-14(11-13)17-7-10-18-8-3-1-2-4-9-18/h5-6,11H,1-4,7-10H2,(H,16,17). The van der Waals surface area contributed by atoms with E-state index in [2.05, 4.69) is 21.3 Å². The molecule has 0 spiro atoms. The molecule has 0 amide bonds. The van der Waals surface area contributed by atoms with Crippen molar-refractivity contribution in [2.24, 2.45) is 0 Å². The third-order valence-corrected chi connectivity index (χ3v) is 3.32. The van der Waals surface area contributed by atoms with E-state index in [9.17, 15) is 0 Å². The summed E-state index contributed by atoms with van der Waals surface area (Å²) in [5.41, 5.74) is 0.655. The summed E-state index contributed by atoms with van der Waals surface area (Å²) >= 11 is 0. The van der Waals surface area contributed by atoms with Crippen molar-refractivity contribution in [3.8, 4) is 6.07 Å². The van der Waals surface area contributed by atoms with Gasteiger partial charge >= 0.3 is 0 Å². The van der Waals surface area contributed by atoms with Crippen LogP contribution in [0.2, 0.25) is 0 Å². The highest BCUT2D eigenvalue weighted by Crippen LogP contribution is 2.09. The van der Waals surface area contributed by atoms with Crippen LogP contribution in [-0.2, 0) is 0 Å². The van der Waals surface area contributed by atoms with E-state index < -0.39 is 0 Å². The zero-order chi connectivity index (χ0) is 12.6. The highest BCUT2D eigenvalue weighted by atomic mass is 15.1. The van der Waals surface area contributed by atoms with E-state index >= 15 is 0 Å². The Kier molecular flexibility index (Phi) is 4.98. The second-order valence-corrected chi connectivity index (χ2v) is 4.72. The van der Waals surface area contributed by atoms with Gasteiger partial charge in [0.15, 0.2) is 0 Å². The molecule has 0 radical (unpaired) electrons. The first-order valence-corrected chi connectivity index (χ1v) is 6.71. The first-order valence-electron chi connectivity index (χ1n) is 6.71. The van der Waals surface area contributed by atoms with E-state index in [4.69, 9.17) is 5.26 Å². The van der Waals surface area contributed by atoms with Crippen LogP contribution in [0.25, 0.3) is 0 Å². The van der Waals surface area contributed by atoms with Gasteiger partial charge in [0, 0.05) is 19.3 Å². The molecule has 0 aliphatic carbocycles. The quantitative estimate of drug-likeness (QED) is 0.882. The average molecular weight is 244 g/mol. The summed E-state index contributed by atoms with van der Waals surface area (Å²) in [7, 11) is 0. The Morgan fingerprint density at radius 1 is 1.28 bits per heavy atom. The molecular formula is C14H20N4. The summed E-state index contributed by atoms with van der Waals surface area (Å²) in [5.74, 6) is 0.795. The molecule has 4 heteroatoms. The SMILES string of the molecule is N#Cc1ccnc(NCCN2CCCCCC2)c1. The highest BCUT2D eigenvalue weighted by molar-refractivity contribution is 5.42. The fourth-order valence-corrected chi connectivity index (χ4v) is 2.30. The van der Waals surface area contributed by atoms with Gasteiger partial charge < -0.3 is 10.2 Å². The van der Waals surface area contributed by atoms with Crippen LogP contribution in [0.5, 0.6) is 0 Å². The summed E-state index contributed by atoms with van der Waals surface area (Å²) in [4.78, 5) is 6.72. The maximum Gasteiger partial charge on any atom is 0.127 e. The van der Waals surface area contributed by atoms with Gasteiger partial charge in [-0.1, -0.05) is 12.8 Å². The number of rotatable bonds is 4. The number of nitrogens with one attached hydrogen (secondary N) is 1. The Balaban J connectivity index is 1.75. The van der Waals surface area contributed by atoms with Crippen LogP contribution in [0.3, 0.4) is 0 Å². The van der Waals surface area contributed by atoms with Gasteiger partial charge in [-0.25, -0.2) is 4.98 Å². The minimum atomic E-state index is 0.655. The maximum absolute atomic E-state index is 8.81. The zero-order valence-electron chi connectivity index (χ0n) is 10.7. The van der Waals surface area contributed by atoms with Gasteiger partial charge in [-0.15, -0.1) is 0 Å². The number of anilines is 1. The van der Waals surface area contributed by atoms with E-state index in [0.29, 0.717) is 5.56 Å². The molecule has 96 valence electrons. The number of hydrogen-bond donors (Lipinski definition) is 1. The van der Waals surface area contributed by atoms with Gasteiger partial charge in [0.2, 0.25) is 0 Å². The lowest BCUT2D eigenvalue weighted by atomic mass is 10.2. The smallest absolute Gasteiger partial charge is 0.127 e. The van der Waals surface area contributed by atoms with Gasteiger partial charge in [-0.05, 0) is 38.1 Å². The van der Waals surface area contributed by atoms with Crippen molar-refractivity contribution in [3.05, 3.63) is 23.9 Å². The number of nitrogens with zero attached hydrogens (tertiary/aromatic N) is 3. The van der Waals surface area contributed by atoms with Crippen LogP contribution in [0.4, 0.5) is 5.82 Å². The summed E-state index contributed by atoms with van der Waals surface area (Å²) in [6.45, 7) is 4.38. The lowest BCUT2D eigenvalue weighted by Crippen LogP contribution is -2.30. The molecule has 1 fully saturated rings. The average Bonchev–Trinajstić information content (AvgIpc) is 2.68. The van der Waals surface area contributed by atoms with Gasteiger partial charge in [-0.3, -0.25) is 0 Å². The van der Waals surface area contributed by atoms with Crippen molar-refractivity contribution in [2.45, 2.75) is 25.7 Å². The van der Waals surface area contributed by atoms with Crippen LogP contribution < -0.4 is 5.32 Å². The number of pyridine rings is 1. The number of hydrogen-bond acceptors (Lipinski definition) is 4. The molecule has 1 N–H and O–H groups in total. The predicted octanol–water partition coefficient (Wildman–Crippen LogP) is 2.24. The minimum absolute atomic E-state index is 0.655. The molecule has 18 heavy (non-hydrogen) atoms. The van der Waals surface area contributed by atoms with E-state index in [1.54, 1.807) is 18.3 Å². The van der Waals surface area contributed by atoms with Crippen molar-refractivity contribution in [3.63, 3.8) is 0 Å². The summed E-state index contributed by atoms with van der Waals surface area (Å²) in [6, 6.07) is 5.64. The molecule has 2 rings (SSSR count).